The zero-order valence-electron chi connectivity index (χ0n) is 7.75. The molecule has 1 amide bonds. The third-order valence-corrected chi connectivity index (χ3v) is 1.68. The molecule has 76 valence electrons. The third-order valence-electron chi connectivity index (χ3n) is 1.68. The third kappa shape index (κ3) is 3.02. The van der Waals surface area contributed by atoms with Gasteiger partial charge >= 0.3 is 0 Å². The minimum Gasteiger partial charge on any atom is -0.351 e. The quantitative estimate of drug-likeness (QED) is 0.563. The van der Waals surface area contributed by atoms with Gasteiger partial charge in [-0.05, 0) is 19.0 Å². The van der Waals surface area contributed by atoms with Gasteiger partial charge in [-0.25, -0.2) is 0 Å². The number of aromatic nitrogens is 1. The number of amides is 1. The predicted molar refractivity (Wildman–Crippen MR) is 53.1 cm³/mol. The van der Waals surface area contributed by atoms with Crippen LogP contribution in [0.4, 0.5) is 0 Å². The largest absolute Gasteiger partial charge is 0.351 e. The van der Waals surface area contributed by atoms with Crippen LogP contribution >= 0.6 is 0 Å². The first-order valence-electron chi connectivity index (χ1n) is 4.41. The van der Waals surface area contributed by atoms with Crippen LogP contribution in [0.15, 0.2) is 23.0 Å². The van der Waals surface area contributed by atoms with Gasteiger partial charge < -0.3 is 16.0 Å². The van der Waals surface area contributed by atoms with Crippen molar-refractivity contribution in [3.05, 3.63) is 34.2 Å². The molecule has 0 saturated carbocycles. The summed E-state index contributed by atoms with van der Waals surface area (Å²) in [7, 11) is 0. The van der Waals surface area contributed by atoms with Crippen molar-refractivity contribution < 1.29 is 4.79 Å². The highest BCUT2D eigenvalue weighted by Gasteiger charge is 2.03. The van der Waals surface area contributed by atoms with Crippen LogP contribution in [0, 0.1) is 0 Å². The van der Waals surface area contributed by atoms with Crippen molar-refractivity contribution >= 4 is 5.91 Å². The monoisotopic (exact) mass is 195 g/mol. The van der Waals surface area contributed by atoms with E-state index in [2.05, 4.69) is 10.3 Å². The maximum absolute atomic E-state index is 11.3. The Balaban J connectivity index is 2.56. The van der Waals surface area contributed by atoms with Crippen molar-refractivity contribution in [2.75, 3.05) is 13.1 Å². The fraction of sp³-hybridized carbons (Fsp3) is 0.333. The maximum atomic E-state index is 11.3. The van der Waals surface area contributed by atoms with Crippen molar-refractivity contribution in [1.29, 1.82) is 0 Å². The number of rotatable bonds is 4. The summed E-state index contributed by atoms with van der Waals surface area (Å²) in [6.07, 6.45) is 0.725. The number of aromatic amines is 1. The molecule has 0 spiro atoms. The Morgan fingerprint density at radius 2 is 2.29 bits per heavy atom. The van der Waals surface area contributed by atoms with Crippen LogP contribution in [-0.2, 0) is 0 Å². The van der Waals surface area contributed by atoms with E-state index in [0.29, 0.717) is 13.1 Å². The van der Waals surface area contributed by atoms with E-state index < -0.39 is 0 Å². The van der Waals surface area contributed by atoms with E-state index in [1.807, 2.05) is 0 Å². The van der Waals surface area contributed by atoms with Crippen LogP contribution in [-0.4, -0.2) is 24.0 Å². The second kappa shape index (κ2) is 5.18. The SMILES string of the molecule is NCCCNC(=O)c1cccc(=O)[nH]1. The van der Waals surface area contributed by atoms with Crippen LogP contribution in [0.3, 0.4) is 0 Å². The summed E-state index contributed by atoms with van der Waals surface area (Å²) in [5.41, 5.74) is 5.26. The molecule has 0 aromatic carbocycles. The number of H-pyrrole nitrogens is 1. The van der Waals surface area contributed by atoms with Gasteiger partial charge in [0.15, 0.2) is 0 Å². The van der Waals surface area contributed by atoms with E-state index in [4.69, 9.17) is 5.73 Å². The van der Waals surface area contributed by atoms with E-state index in [1.54, 1.807) is 6.07 Å². The molecule has 1 aromatic heterocycles. The molecule has 0 bridgehead atoms. The molecule has 0 aliphatic carbocycles. The highest BCUT2D eigenvalue weighted by atomic mass is 16.2. The van der Waals surface area contributed by atoms with Crippen LogP contribution in [0.5, 0.6) is 0 Å². The highest BCUT2D eigenvalue weighted by molar-refractivity contribution is 5.92. The zero-order chi connectivity index (χ0) is 10.4. The second-order valence-corrected chi connectivity index (χ2v) is 2.83. The molecule has 0 radical (unpaired) electrons. The molecule has 1 aromatic rings. The normalized spacial score (nSPS) is 9.79. The highest BCUT2D eigenvalue weighted by Crippen LogP contribution is 1.89. The second-order valence-electron chi connectivity index (χ2n) is 2.83. The summed E-state index contributed by atoms with van der Waals surface area (Å²) < 4.78 is 0. The summed E-state index contributed by atoms with van der Waals surface area (Å²) in [5.74, 6) is -0.281. The molecule has 1 heterocycles. The zero-order valence-corrected chi connectivity index (χ0v) is 7.75. The molecule has 0 fully saturated rings. The average Bonchev–Trinajstić information content (AvgIpc) is 2.18. The van der Waals surface area contributed by atoms with Crippen LogP contribution in [0.2, 0.25) is 0 Å². The number of nitrogens with two attached hydrogens (primary N) is 1. The Morgan fingerprint density at radius 1 is 1.50 bits per heavy atom. The number of carbonyl (C=O) groups excluding carboxylic acids is 1. The van der Waals surface area contributed by atoms with Crippen molar-refractivity contribution in [3.8, 4) is 0 Å². The Labute approximate surface area is 81.3 Å². The molecule has 14 heavy (non-hydrogen) atoms. The maximum Gasteiger partial charge on any atom is 0.267 e. The van der Waals surface area contributed by atoms with Crippen molar-refractivity contribution in [1.82, 2.24) is 10.3 Å². The Morgan fingerprint density at radius 3 is 2.93 bits per heavy atom. The van der Waals surface area contributed by atoms with Gasteiger partial charge in [0.05, 0.1) is 0 Å². The molecule has 1 rings (SSSR count). The lowest BCUT2D eigenvalue weighted by Gasteiger charge is -2.02. The Kier molecular flexibility index (Phi) is 3.87. The van der Waals surface area contributed by atoms with Gasteiger partial charge in [0.25, 0.3) is 5.91 Å². The predicted octanol–water partition coefficient (Wildman–Crippen LogP) is -0.547. The Bertz CT molecular complexity index is 359. The van der Waals surface area contributed by atoms with Gasteiger partial charge in [0.1, 0.15) is 5.69 Å². The first-order chi connectivity index (χ1) is 6.74. The smallest absolute Gasteiger partial charge is 0.267 e. The van der Waals surface area contributed by atoms with Crippen LogP contribution < -0.4 is 16.6 Å². The molecular formula is C9H13N3O2. The number of carbonyl (C=O) groups is 1. The molecule has 0 aliphatic heterocycles. The summed E-state index contributed by atoms with van der Waals surface area (Å²) in [5, 5.41) is 2.64. The summed E-state index contributed by atoms with van der Waals surface area (Å²) >= 11 is 0. The summed E-state index contributed by atoms with van der Waals surface area (Å²) in [6.45, 7) is 1.05. The molecule has 0 unspecified atom stereocenters. The van der Waals surface area contributed by atoms with Crippen molar-refractivity contribution in [2.24, 2.45) is 5.73 Å². The lowest BCUT2D eigenvalue weighted by molar-refractivity contribution is 0.0948. The summed E-state index contributed by atoms with van der Waals surface area (Å²) in [6, 6.07) is 4.45. The van der Waals surface area contributed by atoms with E-state index in [-0.39, 0.29) is 17.2 Å². The summed E-state index contributed by atoms with van der Waals surface area (Å²) in [4.78, 5) is 24.7. The number of hydrogen-bond acceptors (Lipinski definition) is 3. The molecule has 5 nitrogen and oxygen atoms in total. The van der Waals surface area contributed by atoms with E-state index in [0.717, 1.165) is 6.42 Å². The van der Waals surface area contributed by atoms with Gasteiger partial charge in [0, 0.05) is 12.6 Å². The van der Waals surface area contributed by atoms with Crippen LogP contribution in [0.25, 0.3) is 0 Å². The van der Waals surface area contributed by atoms with Gasteiger partial charge in [0.2, 0.25) is 5.56 Å². The number of nitrogens with one attached hydrogen (secondary N) is 2. The van der Waals surface area contributed by atoms with E-state index in [1.165, 1.54) is 12.1 Å². The number of hydrogen-bond donors (Lipinski definition) is 3. The van der Waals surface area contributed by atoms with Crippen molar-refractivity contribution in [3.63, 3.8) is 0 Å². The fourth-order valence-corrected chi connectivity index (χ4v) is 0.979. The van der Waals surface area contributed by atoms with Gasteiger partial charge in [-0.3, -0.25) is 9.59 Å². The van der Waals surface area contributed by atoms with Gasteiger partial charge in [-0.2, -0.15) is 0 Å². The molecule has 0 aliphatic rings. The number of pyridine rings is 1. The van der Waals surface area contributed by atoms with Crippen molar-refractivity contribution in [2.45, 2.75) is 6.42 Å². The average molecular weight is 195 g/mol. The minimum atomic E-state index is -0.281. The first-order valence-corrected chi connectivity index (χ1v) is 4.41. The topological polar surface area (TPSA) is 88.0 Å². The van der Waals surface area contributed by atoms with E-state index >= 15 is 0 Å². The lowest BCUT2D eigenvalue weighted by Crippen LogP contribution is -2.28. The molecule has 5 heteroatoms. The molecular weight excluding hydrogens is 182 g/mol. The molecule has 4 N–H and O–H groups in total. The molecule has 0 saturated heterocycles. The Hall–Kier alpha value is -1.62. The standard InChI is InChI=1S/C9H13N3O2/c10-5-2-6-11-9(14)7-3-1-4-8(13)12-7/h1,3-4H,2,5-6,10H2,(H,11,14)(H,12,13). The minimum absolute atomic E-state index is 0.273. The first kappa shape index (κ1) is 10.5. The van der Waals surface area contributed by atoms with Gasteiger partial charge in [-0.1, -0.05) is 6.07 Å². The van der Waals surface area contributed by atoms with E-state index in [9.17, 15) is 9.59 Å². The van der Waals surface area contributed by atoms with Gasteiger partial charge in [-0.15, -0.1) is 0 Å². The molecule has 0 atom stereocenters. The lowest BCUT2D eigenvalue weighted by atomic mass is 10.3. The van der Waals surface area contributed by atoms with Crippen LogP contribution in [0.1, 0.15) is 16.9 Å². The fourth-order valence-electron chi connectivity index (χ4n) is 0.979.